The number of ether oxygens (including phenoxy) is 2. The molecule has 0 spiro atoms. The van der Waals surface area contributed by atoms with Crippen LogP contribution in [-0.4, -0.2) is 73.7 Å². The Morgan fingerprint density at radius 3 is 2.14 bits per heavy atom. The Hall–Kier alpha value is -4.51. The van der Waals surface area contributed by atoms with E-state index in [0.29, 0.717) is 39.6 Å². The number of benzene rings is 4. The van der Waals surface area contributed by atoms with Crippen molar-refractivity contribution in [1.29, 1.82) is 0 Å². The van der Waals surface area contributed by atoms with Crippen LogP contribution in [0.3, 0.4) is 0 Å². The lowest BCUT2D eigenvalue weighted by atomic mass is 9.96. The molecule has 0 radical (unpaired) electrons. The van der Waals surface area contributed by atoms with Crippen molar-refractivity contribution in [3.63, 3.8) is 0 Å². The number of hydroxylamine groups is 1. The third kappa shape index (κ3) is 8.88. The first-order valence-electron chi connectivity index (χ1n) is 18.0. The van der Waals surface area contributed by atoms with Crippen LogP contribution >= 0.6 is 11.6 Å². The average Bonchev–Trinajstić information content (AvgIpc) is 3.68. The van der Waals surface area contributed by atoms with Crippen molar-refractivity contribution in [2.75, 3.05) is 19.7 Å². The zero-order valence-corrected chi connectivity index (χ0v) is 31.7. The molecular weight excluding hydrogens is 785 g/mol. The van der Waals surface area contributed by atoms with E-state index in [2.05, 4.69) is 4.84 Å². The molecule has 1 saturated carbocycles. The largest absolute Gasteiger partial charge is 0.492 e. The summed E-state index contributed by atoms with van der Waals surface area (Å²) in [5.41, 5.74) is 5.88. The summed E-state index contributed by atoms with van der Waals surface area (Å²) >= 11 is 6.19. The van der Waals surface area contributed by atoms with Gasteiger partial charge in [0, 0.05) is 24.7 Å². The Morgan fingerprint density at radius 1 is 0.875 bits per heavy atom. The van der Waals surface area contributed by atoms with Crippen LogP contribution in [-0.2, 0) is 30.4 Å². The summed E-state index contributed by atoms with van der Waals surface area (Å²) in [5, 5.41) is 1.02. The van der Waals surface area contributed by atoms with Gasteiger partial charge >= 0.3 is 18.1 Å². The Labute approximate surface area is 325 Å². The topological polar surface area (TPSA) is 128 Å². The van der Waals surface area contributed by atoms with E-state index in [-0.39, 0.29) is 37.4 Å². The number of hydrogen-bond acceptors (Lipinski definition) is 8. The van der Waals surface area contributed by atoms with E-state index in [4.69, 9.17) is 26.8 Å². The highest BCUT2D eigenvalue weighted by molar-refractivity contribution is 7.89. The first kappa shape index (κ1) is 41.1. The Morgan fingerprint density at radius 2 is 1.50 bits per heavy atom. The van der Waals surface area contributed by atoms with Crippen LogP contribution in [0, 0.1) is 0 Å². The van der Waals surface area contributed by atoms with Crippen molar-refractivity contribution in [3.05, 3.63) is 89.4 Å². The second-order valence-electron chi connectivity index (χ2n) is 13.7. The van der Waals surface area contributed by atoms with Crippen LogP contribution in [0.2, 0.25) is 5.02 Å². The summed E-state index contributed by atoms with van der Waals surface area (Å²) in [5.74, 6) is -8.49. The summed E-state index contributed by atoms with van der Waals surface area (Å²) in [7, 11) is -5.65. The highest BCUT2D eigenvalue weighted by Crippen LogP contribution is 2.41. The Kier molecular flexibility index (Phi) is 12.1. The molecule has 2 N–H and O–H groups in total. The number of hydrogen-bond donors (Lipinski definition) is 1. The predicted molar refractivity (Wildman–Crippen MR) is 198 cm³/mol. The highest BCUT2D eigenvalue weighted by atomic mass is 35.5. The van der Waals surface area contributed by atoms with Gasteiger partial charge in [0.15, 0.2) is 0 Å². The van der Waals surface area contributed by atoms with Crippen LogP contribution in [0.5, 0.6) is 11.5 Å². The fourth-order valence-corrected chi connectivity index (χ4v) is 8.34. The van der Waals surface area contributed by atoms with E-state index in [1.807, 2.05) is 0 Å². The molecular formula is C39H39ClF5N3O7S. The molecule has 17 heteroatoms. The number of piperidine rings is 1. The maximum absolute atomic E-state index is 17.1. The smallest absolute Gasteiger partial charge is 0.492 e. The van der Waals surface area contributed by atoms with Gasteiger partial charge in [0.2, 0.25) is 6.04 Å². The van der Waals surface area contributed by atoms with Gasteiger partial charge < -0.3 is 24.9 Å². The molecule has 1 atom stereocenters. The van der Waals surface area contributed by atoms with E-state index in [0.717, 1.165) is 54.8 Å². The molecule has 10 nitrogen and oxygen atoms in total. The molecule has 1 heterocycles. The average molecular weight is 824 g/mol. The van der Waals surface area contributed by atoms with Crippen molar-refractivity contribution in [1.82, 2.24) is 9.37 Å². The van der Waals surface area contributed by atoms with Gasteiger partial charge in [-0.05, 0) is 108 Å². The summed E-state index contributed by atoms with van der Waals surface area (Å²) in [4.78, 5) is 31.0. The minimum absolute atomic E-state index is 0.0117. The van der Waals surface area contributed by atoms with Gasteiger partial charge in [-0.2, -0.15) is 22.0 Å². The highest BCUT2D eigenvalue weighted by Gasteiger charge is 2.58. The van der Waals surface area contributed by atoms with E-state index in [1.54, 1.807) is 31.2 Å². The van der Waals surface area contributed by atoms with Crippen LogP contribution in [0.25, 0.3) is 21.9 Å². The summed E-state index contributed by atoms with van der Waals surface area (Å²) in [6.45, 7) is 1.60. The third-order valence-corrected chi connectivity index (χ3v) is 11.7. The van der Waals surface area contributed by atoms with Crippen molar-refractivity contribution in [2.45, 2.75) is 80.6 Å². The number of amides is 1. The number of halogens is 6. The molecule has 1 aliphatic heterocycles. The van der Waals surface area contributed by atoms with Crippen LogP contribution < -0.4 is 15.2 Å². The maximum Gasteiger partial charge on any atom is 0.492 e. The van der Waals surface area contributed by atoms with Crippen LogP contribution in [0.4, 0.5) is 22.0 Å². The molecule has 0 unspecified atom stereocenters. The number of fused-ring (bicyclic) bond motifs is 1. The second kappa shape index (κ2) is 16.5. The van der Waals surface area contributed by atoms with Crippen molar-refractivity contribution < 1.29 is 54.3 Å². The molecule has 1 saturated heterocycles. The van der Waals surface area contributed by atoms with Gasteiger partial charge in [-0.1, -0.05) is 54.1 Å². The van der Waals surface area contributed by atoms with E-state index < -0.39 is 61.0 Å². The fourth-order valence-electron chi connectivity index (χ4n) is 6.77. The van der Waals surface area contributed by atoms with Crippen molar-refractivity contribution in [2.24, 2.45) is 5.73 Å². The molecule has 0 bridgehead atoms. The predicted octanol–water partition coefficient (Wildman–Crippen LogP) is 8.00. The molecule has 300 valence electrons. The second-order valence-corrected chi connectivity index (χ2v) is 15.9. The number of rotatable bonds is 12. The summed E-state index contributed by atoms with van der Waals surface area (Å²) in [6.07, 6.45) is -1.77. The van der Waals surface area contributed by atoms with E-state index >= 15 is 8.78 Å². The molecule has 6 rings (SSSR count). The zero-order chi connectivity index (χ0) is 40.4. The minimum atomic E-state index is -5.84. The number of likely N-dealkylation sites (tertiary alicyclic amines) is 1. The summed E-state index contributed by atoms with van der Waals surface area (Å²) in [6, 6.07) is 13.3. The van der Waals surface area contributed by atoms with Crippen molar-refractivity contribution >= 4 is 44.3 Å². The van der Waals surface area contributed by atoms with E-state index in [1.165, 1.54) is 30.3 Å². The SMILES string of the molecule is CCOc1cc(-c2ccc(C(F)(F)[C@@H](C(=O)N3CCC(N)CC3)N(OC(=O)C(F)(F)F)S(=O)(=O)c3ccc4cc(OC5CCCC5)ccc4c3)cc2)ccc1Cl. The Bertz CT molecular complexity index is 2180. The third-order valence-electron chi connectivity index (χ3n) is 9.80. The number of nitrogens with two attached hydrogens (primary N) is 1. The quantitative estimate of drug-likeness (QED) is 0.113. The lowest BCUT2D eigenvalue weighted by molar-refractivity contribution is -0.239. The van der Waals surface area contributed by atoms with Crippen LogP contribution in [0.1, 0.15) is 51.0 Å². The zero-order valence-electron chi connectivity index (χ0n) is 30.1. The fraction of sp³-hybridized carbons (Fsp3) is 0.385. The molecule has 4 aromatic carbocycles. The van der Waals surface area contributed by atoms with Gasteiger partial charge in [0.1, 0.15) is 11.5 Å². The molecule has 0 aromatic heterocycles. The van der Waals surface area contributed by atoms with Gasteiger partial charge in [-0.3, -0.25) is 4.79 Å². The molecule has 1 amide bonds. The number of carbonyl (C=O) groups is 2. The van der Waals surface area contributed by atoms with Crippen LogP contribution in [0.15, 0.2) is 83.8 Å². The monoisotopic (exact) mass is 823 g/mol. The number of sulfonamides is 1. The molecule has 2 fully saturated rings. The first-order valence-corrected chi connectivity index (χ1v) is 19.8. The van der Waals surface area contributed by atoms with E-state index in [9.17, 15) is 31.2 Å². The molecule has 4 aromatic rings. The summed E-state index contributed by atoms with van der Waals surface area (Å²) < 4.78 is 115. The van der Waals surface area contributed by atoms with Gasteiger partial charge in [0.05, 0.1) is 22.6 Å². The lowest BCUT2D eigenvalue weighted by Gasteiger charge is -2.38. The Balaban J connectivity index is 1.43. The molecule has 56 heavy (non-hydrogen) atoms. The van der Waals surface area contributed by atoms with Gasteiger partial charge in [0.25, 0.3) is 15.9 Å². The lowest BCUT2D eigenvalue weighted by Crippen LogP contribution is -2.60. The standard InChI is InChI=1S/C39H39ClF5N3O7S/c1-2-53-34-23-27(11-16-33(34)40)24-7-12-28(13-8-24)38(41,42)35(36(49)47-19-17-29(46)18-20-47)48(55-37(50)39(43,44)45)56(51,52)32-15-10-25-21-31(14-9-26(25)22-32)54-30-5-3-4-6-30/h7-16,21-23,29-30,35H,2-6,17-20,46H2,1H3/t35-/m1/s1. The number of alkyl halides is 5. The van der Waals surface area contributed by atoms with Gasteiger partial charge in [-0.15, -0.1) is 0 Å². The number of carbonyl (C=O) groups excluding carboxylic acids is 2. The van der Waals surface area contributed by atoms with Gasteiger partial charge in [-0.25, -0.2) is 13.2 Å². The first-order chi connectivity index (χ1) is 26.5. The maximum atomic E-state index is 17.1. The normalized spacial score (nSPS) is 16.6. The number of nitrogens with zero attached hydrogens (tertiary/aromatic N) is 2. The molecule has 1 aliphatic carbocycles. The minimum Gasteiger partial charge on any atom is -0.492 e. The molecule has 2 aliphatic rings. The van der Waals surface area contributed by atoms with Crippen molar-refractivity contribution in [3.8, 4) is 22.6 Å².